The molecule has 8 nitrogen and oxygen atoms in total. The third-order valence-electron chi connectivity index (χ3n) is 5.15. The van der Waals surface area contributed by atoms with Gasteiger partial charge in [0.1, 0.15) is 0 Å². The Morgan fingerprint density at radius 2 is 1.85 bits per heavy atom. The third-order valence-corrected chi connectivity index (χ3v) is 5.15. The van der Waals surface area contributed by atoms with E-state index in [1.165, 1.54) is 6.92 Å². The van der Waals surface area contributed by atoms with E-state index < -0.39 is 30.0 Å². The summed E-state index contributed by atoms with van der Waals surface area (Å²) in [5, 5.41) is 13.9. The molecule has 1 amide bonds. The van der Waals surface area contributed by atoms with Crippen LogP contribution in [0.25, 0.3) is 0 Å². The van der Waals surface area contributed by atoms with E-state index >= 15 is 0 Å². The second-order valence-corrected chi connectivity index (χ2v) is 7.00. The van der Waals surface area contributed by atoms with Gasteiger partial charge in [0.25, 0.3) is 0 Å². The van der Waals surface area contributed by atoms with Gasteiger partial charge >= 0.3 is 5.97 Å². The number of nitrogens with one attached hydrogen (secondary N) is 1. The molecule has 0 saturated heterocycles. The van der Waals surface area contributed by atoms with Crippen molar-refractivity contribution in [3.8, 4) is 0 Å². The third kappa shape index (κ3) is 6.84. The molecule has 1 aliphatic rings. The molecule has 1 aliphatic carbocycles. The summed E-state index contributed by atoms with van der Waals surface area (Å²) in [6.07, 6.45) is 1.67. The van der Waals surface area contributed by atoms with Crippen LogP contribution in [0.4, 0.5) is 0 Å². The zero-order valence-corrected chi connectivity index (χ0v) is 17.5. The van der Waals surface area contributed by atoms with E-state index in [2.05, 4.69) is 10.3 Å². The summed E-state index contributed by atoms with van der Waals surface area (Å²) in [6, 6.07) is -0.777. The van der Waals surface area contributed by atoms with Gasteiger partial charge in [-0.1, -0.05) is 33.6 Å². The number of hydrogen-bond acceptors (Lipinski definition) is 5. The van der Waals surface area contributed by atoms with Crippen molar-refractivity contribution in [1.29, 1.82) is 0 Å². The Labute approximate surface area is 167 Å². The van der Waals surface area contributed by atoms with E-state index in [0.717, 1.165) is 12.8 Å². The number of esters is 1. The SMILES string of the molecule is CCCOC(=O)[C@H]1C[C@@H](N=C(N)N)[C@H]([C@@H](NC(C)=O)C(CC)CC)[C@@H]1O.Cl. The number of rotatable bonds is 9. The largest absolute Gasteiger partial charge is 0.465 e. The number of hydrogen-bond donors (Lipinski definition) is 4. The molecule has 0 spiro atoms. The average molecular weight is 407 g/mol. The molecular weight excluding hydrogens is 372 g/mol. The summed E-state index contributed by atoms with van der Waals surface area (Å²) in [4.78, 5) is 28.4. The van der Waals surface area contributed by atoms with Gasteiger partial charge in [0.2, 0.25) is 5.91 Å². The molecule has 0 aromatic rings. The van der Waals surface area contributed by atoms with Crippen LogP contribution in [0, 0.1) is 17.8 Å². The van der Waals surface area contributed by atoms with Crippen LogP contribution in [0.1, 0.15) is 53.4 Å². The second kappa shape index (κ2) is 12.0. The van der Waals surface area contributed by atoms with Gasteiger partial charge in [0.15, 0.2) is 5.96 Å². The van der Waals surface area contributed by atoms with Crippen LogP contribution in [0.15, 0.2) is 4.99 Å². The molecule has 0 unspecified atom stereocenters. The van der Waals surface area contributed by atoms with Crippen molar-refractivity contribution >= 4 is 30.2 Å². The van der Waals surface area contributed by atoms with Crippen LogP contribution >= 0.6 is 12.4 Å². The Bertz CT molecular complexity index is 510. The number of guanidine groups is 1. The van der Waals surface area contributed by atoms with E-state index in [-0.39, 0.29) is 36.2 Å². The van der Waals surface area contributed by atoms with Crippen LogP contribution in [-0.2, 0) is 14.3 Å². The van der Waals surface area contributed by atoms with Gasteiger partial charge in [-0.15, -0.1) is 12.4 Å². The molecule has 0 radical (unpaired) electrons. The van der Waals surface area contributed by atoms with Gasteiger partial charge in [0.05, 0.1) is 24.7 Å². The summed E-state index contributed by atoms with van der Waals surface area (Å²) >= 11 is 0. The number of nitrogens with two attached hydrogens (primary N) is 2. The molecule has 1 fully saturated rings. The molecule has 9 heteroatoms. The van der Waals surface area contributed by atoms with E-state index in [1.54, 1.807) is 0 Å². The molecular formula is C18H35ClN4O4. The normalized spacial score (nSPS) is 25.4. The number of carbonyl (C=O) groups is 2. The van der Waals surface area contributed by atoms with E-state index in [1.807, 2.05) is 20.8 Å². The van der Waals surface area contributed by atoms with Gasteiger partial charge < -0.3 is 26.6 Å². The molecule has 0 aromatic carbocycles. The molecule has 0 heterocycles. The zero-order chi connectivity index (χ0) is 19.9. The van der Waals surface area contributed by atoms with Crippen LogP contribution in [0.2, 0.25) is 0 Å². The molecule has 5 atom stereocenters. The van der Waals surface area contributed by atoms with E-state index in [4.69, 9.17) is 16.2 Å². The number of aliphatic hydroxyl groups is 1. The minimum Gasteiger partial charge on any atom is -0.465 e. The highest BCUT2D eigenvalue weighted by Crippen LogP contribution is 2.40. The van der Waals surface area contributed by atoms with Gasteiger partial charge in [-0.25, -0.2) is 4.99 Å². The lowest BCUT2D eigenvalue weighted by Gasteiger charge is -2.35. The smallest absolute Gasteiger partial charge is 0.311 e. The maximum absolute atomic E-state index is 12.4. The van der Waals surface area contributed by atoms with Crippen molar-refractivity contribution in [2.75, 3.05) is 6.61 Å². The highest BCUT2D eigenvalue weighted by atomic mass is 35.5. The fraction of sp³-hybridized carbons (Fsp3) is 0.833. The van der Waals surface area contributed by atoms with Crippen LogP contribution in [0.3, 0.4) is 0 Å². The number of carbonyl (C=O) groups excluding carboxylic acids is 2. The lowest BCUT2D eigenvalue weighted by atomic mass is 9.80. The van der Waals surface area contributed by atoms with Crippen LogP contribution in [-0.4, -0.2) is 47.7 Å². The summed E-state index contributed by atoms with van der Waals surface area (Å²) < 4.78 is 5.22. The summed E-state index contributed by atoms with van der Waals surface area (Å²) in [5.74, 6) is -1.74. The number of ether oxygens (including phenoxy) is 1. The van der Waals surface area contributed by atoms with Crippen molar-refractivity contribution in [3.63, 3.8) is 0 Å². The van der Waals surface area contributed by atoms with Gasteiger partial charge in [0, 0.05) is 18.9 Å². The minimum atomic E-state index is -0.982. The molecule has 6 N–H and O–H groups in total. The predicted molar refractivity (Wildman–Crippen MR) is 107 cm³/mol. The molecule has 0 aromatic heterocycles. The first-order chi connectivity index (χ1) is 12.3. The van der Waals surface area contributed by atoms with Crippen LogP contribution in [0.5, 0.6) is 0 Å². The standard InChI is InChI=1S/C18H34N4O4.ClH/c1-5-8-26-17(25)12-9-13(22-18(19)20)14(16(12)24)15(21-10(4)23)11(6-2)7-3;/h11-16,24H,5-9H2,1-4H3,(H,21,23)(H4,19,20,22);1H/t12-,13+,14+,15-,16+;/m0./s1. The Morgan fingerprint density at radius 3 is 2.30 bits per heavy atom. The summed E-state index contributed by atoms with van der Waals surface area (Å²) in [7, 11) is 0. The van der Waals surface area contributed by atoms with Gasteiger partial charge in [-0.05, 0) is 18.8 Å². The number of aliphatic hydroxyl groups excluding tert-OH is 1. The molecule has 1 saturated carbocycles. The van der Waals surface area contributed by atoms with Crippen molar-refractivity contribution in [1.82, 2.24) is 5.32 Å². The summed E-state index contributed by atoms with van der Waals surface area (Å²) in [5.41, 5.74) is 11.1. The number of amides is 1. The van der Waals surface area contributed by atoms with Crippen LogP contribution < -0.4 is 16.8 Å². The highest BCUT2D eigenvalue weighted by Gasteiger charge is 2.51. The molecule has 27 heavy (non-hydrogen) atoms. The fourth-order valence-electron chi connectivity index (χ4n) is 3.94. The molecule has 158 valence electrons. The number of halogens is 1. The second-order valence-electron chi connectivity index (χ2n) is 7.00. The first-order valence-corrected chi connectivity index (χ1v) is 9.47. The minimum absolute atomic E-state index is 0. The maximum Gasteiger partial charge on any atom is 0.311 e. The Hall–Kier alpha value is -1.54. The molecule has 0 bridgehead atoms. The van der Waals surface area contributed by atoms with Crippen molar-refractivity contribution in [2.24, 2.45) is 34.2 Å². The molecule has 1 rings (SSSR count). The van der Waals surface area contributed by atoms with Crippen molar-refractivity contribution in [2.45, 2.75) is 71.6 Å². The highest BCUT2D eigenvalue weighted by molar-refractivity contribution is 5.85. The van der Waals surface area contributed by atoms with E-state index in [9.17, 15) is 14.7 Å². The lowest BCUT2D eigenvalue weighted by Crippen LogP contribution is -2.51. The average Bonchev–Trinajstić information content (AvgIpc) is 2.87. The van der Waals surface area contributed by atoms with Gasteiger partial charge in [-0.3, -0.25) is 9.59 Å². The first kappa shape index (κ1) is 25.5. The number of nitrogens with zero attached hydrogens (tertiary/aromatic N) is 1. The monoisotopic (exact) mass is 406 g/mol. The molecule has 0 aliphatic heterocycles. The Morgan fingerprint density at radius 1 is 1.26 bits per heavy atom. The topological polar surface area (TPSA) is 140 Å². The predicted octanol–water partition coefficient (Wildman–Crippen LogP) is 0.941. The number of aliphatic imine (C=N–C) groups is 1. The van der Waals surface area contributed by atoms with Crippen molar-refractivity contribution in [3.05, 3.63) is 0 Å². The van der Waals surface area contributed by atoms with Crippen molar-refractivity contribution < 1.29 is 19.4 Å². The van der Waals surface area contributed by atoms with E-state index in [0.29, 0.717) is 19.4 Å². The van der Waals surface area contributed by atoms with Gasteiger partial charge in [-0.2, -0.15) is 0 Å². The summed E-state index contributed by atoms with van der Waals surface area (Å²) in [6.45, 7) is 7.73. The quantitative estimate of drug-likeness (QED) is 0.255. The fourth-order valence-corrected chi connectivity index (χ4v) is 3.94. The first-order valence-electron chi connectivity index (χ1n) is 9.47. The zero-order valence-electron chi connectivity index (χ0n) is 16.7. The Balaban J connectivity index is 0.00000676. The lowest BCUT2D eigenvalue weighted by molar-refractivity contribution is -0.152. The maximum atomic E-state index is 12.4. The Kier molecular flexibility index (Phi) is 11.3.